The molecular formula is C31H34N4O2. The molecule has 1 aliphatic carbocycles. The summed E-state index contributed by atoms with van der Waals surface area (Å²) in [7, 11) is 0. The summed E-state index contributed by atoms with van der Waals surface area (Å²) < 4.78 is 0. The second-order valence-electron chi connectivity index (χ2n) is 10.9. The largest absolute Gasteiger partial charge is 0.353 e. The third-order valence-electron chi connectivity index (χ3n) is 8.62. The van der Waals surface area contributed by atoms with Crippen LogP contribution in [0.5, 0.6) is 0 Å². The molecule has 2 saturated heterocycles. The Hall–Kier alpha value is -3.67. The lowest BCUT2D eigenvalue weighted by Crippen LogP contribution is -2.50. The number of pyridine rings is 1. The predicted molar refractivity (Wildman–Crippen MR) is 145 cm³/mol. The number of carbonyl (C=O) groups excluding carboxylic acids is 2. The fourth-order valence-electron chi connectivity index (χ4n) is 6.06. The molecule has 3 heterocycles. The molecule has 6 heteroatoms. The van der Waals surface area contributed by atoms with Gasteiger partial charge in [-0.1, -0.05) is 48.0 Å². The average molecular weight is 495 g/mol. The number of carbonyl (C=O) groups is 2. The smallest absolute Gasteiger partial charge is 0.253 e. The van der Waals surface area contributed by atoms with Crippen LogP contribution in [0.1, 0.15) is 35.2 Å². The quantitative estimate of drug-likeness (QED) is 0.530. The van der Waals surface area contributed by atoms with Crippen LogP contribution >= 0.6 is 0 Å². The normalized spacial score (nSPS) is 20.7. The van der Waals surface area contributed by atoms with Gasteiger partial charge in [-0.2, -0.15) is 0 Å². The van der Waals surface area contributed by atoms with Gasteiger partial charge in [0, 0.05) is 56.9 Å². The summed E-state index contributed by atoms with van der Waals surface area (Å²) in [5.74, 6) is 1.52. The zero-order valence-corrected chi connectivity index (χ0v) is 21.5. The van der Waals surface area contributed by atoms with E-state index in [-0.39, 0.29) is 17.2 Å². The Balaban J connectivity index is 1.01. The van der Waals surface area contributed by atoms with Crippen molar-refractivity contribution in [2.75, 3.05) is 44.2 Å². The Bertz CT molecular complexity index is 1260. The van der Waals surface area contributed by atoms with E-state index in [9.17, 15) is 9.59 Å². The summed E-state index contributed by atoms with van der Waals surface area (Å²) in [6.07, 6.45) is 4.63. The van der Waals surface area contributed by atoms with Crippen molar-refractivity contribution < 1.29 is 9.59 Å². The molecule has 3 aromatic rings. The van der Waals surface area contributed by atoms with Crippen LogP contribution in [0.15, 0.2) is 72.9 Å². The Labute approximate surface area is 218 Å². The van der Waals surface area contributed by atoms with Gasteiger partial charge < -0.3 is 14.7 Å². The number of hydrogen-bond acceptors (Lipinski definition) is 4. The van der Waals surface area contributed by atoms with E-state index in [0.717, 1.165) is 81.0 Å². The van der Waals surface area contributed by atoms with Crippen molar-refractivity contribution in [3.8, 4) is 11.1 Å². The number of likely N-dealkylation sites (tertiary alicyclic amines) is 1. The molecule has 1 unspecified atom stereocenters. The summed E-state index contributed by atoms with van der Waals surface area (Å²) in [5, 5.41) is 0. The minimum absolute atomic E-state index is 0.0967. The van der Waals surface area contributed by atoms with E-state index in [1.807, 2.05) is 58.5 Å². The minimum atomic E-state index is 0.0967. The van der Waals surface area contributed by atoms with Crippen molar-refractivity contribution in [3.63, 3.8) is 0 Å². The second kappa shape index (κ2) is 9.66. The minimum Gasteiger partial charge on any atom is -0.353 e. The molecule has 2 amide bonds. The Kier molecular flexibility index (Phi) is 6.19. The van der Waals surface area contributed by atoms with E-state index >= 15 is 0 Å². The zero-order valence-electron chi connectivity index (χ0n) is 21.5. The lowest BCUT2D eigenvalue weighted by atomic mass is 9.90. The molecule has 2 aromatic carbocycles. The molecule has 1 aromatic heterocycles. The van der Waals surface area contributed by atoms with Gasteiger partial charge in [-0.15, -0.1) is 0 Å². The SMILES string of the molecule is Cc1ccc(-c2ccc(C(=O)N3CCC4(CC3)CC4C(=O)N3CCN(c4ccccn4)CC3)cc2)cc1. The van der Waals surface area contributed by atoms with Gasteiger partial charge >= 0.3 is 0 Å². The van der Waals surface area contributed by atoms with Crippen LogP contribution in [0.2, 0.25) is 0 Å². The average Bonchev–Trinajstić information content (AvgIpc) is 3.66. The van der Waals surface area contributed by atoms with Crippen molar-refractivity contribution in [1.29, 1.82) is 0 Å². The molecule has 1 saturated carbocycles. The van der Waals surface area contributed by atoms with Crippen molar-refractivity contribution in [1.82, 2.24) is 14.8 Å². The van der Waals surface area contributed by atoms with E-state index in [0.29, 0.717) is 5.91 Å². The maximum Gasteiger partial charge on any atom is 0.253 e. The topological polar surface area (TPSA) is 56.8 Å². The highest BCUT2D eigenvalue weighted by molar-refractivity contribution is 5.95. The summed E-state index contributed by atoms with van der Waals surface area (Å²) >= 11 is 0. The van der Waals surface area contributed by atoms with Gasteiger partial charge in [-0.25, -0.2) is 4.98 Å². The van der Waals surface area contributed by atoms with Crippen molar-refractivity contribution in [2.24, 2.45) is 11.3 Å². The van der Waals surface area contributed by atoms with E-state index in [4.69, 9.17) is 0 Å². The molecule has 190 valence electrons. The molecule has 1 atom stereocenters. The van der Waals surface area contributed by atoms with Gasteiger partial charge in [0.2, 0.25) is 5.91 Å². The van der Waals surface area contributed by atoms with Crippen molar-refractivity contribution >= 4 is 17.6 Å². The number of anilines is 1. The molecule has 37 heavy (non-hydrogen) atoms. The number of piperidine rings is 1. The molecular weight excluding hydrogens is 460 g/mol. The highest BCUT2D eigenvalue weighted by Crippen LogP contribution is 2.60. The van der Waals surface area contributed by atoms with Crippen LogP contribution in [0, 0.1) is 18.3 Å². The third kappa shape index (κ3) is 4.73. The van der Waals surface area contributed by atoms with Crippen LogP contribution in [0.4, 0.5) is 5.82 Å². The van der Waals surface area contributed by atoms with Crippen LogP contribution in [-0.4, -0.2) is 65.9 Å². The van der Waals surface area contributed by atoms with E-state index in [2.05, 4.69) is 41.1 Å². The van der Waals surface area contributed by atoms with Gasteiger partial charge in [-0.3, -0.25) is 9.59 Å². The number of nitrogens with zero attached hydrogens (tertiary/aromatic N) is 4. The first kappa shape index (κ1) is 23.7. The number of piperazine rings is 1. The fraction of sp³-hybridized carbons (Fsp3) is 0.387. The zero-order chi connectivity index (χ0) is 25.4. The van der Waals surface area contributed by atoms with Gasteiger partial charge in [0.1, 0.15) is 5.82 Å². The number of aromatic nitrogens is 1. The van der Waals surface area contributed by atoms with Gasteiger partial charge in [-0.05, 0) is 67.0 Å². The molecule has 6 nitrogen and oxygen atoms in total. The maximum atomic E-state index is 13.3. The van der Waals surface area contributed by atoms with Crippen molar-refractivity contribution in [3.05, 3.63) is 84.1 Å². The first-order valence-corrected chi connectivity index (χ1v) is 13.4. The summed E-state index contributed by atoms with van der Waals surface area (Å²) in [4.78, 5) is 37.2. The standard InChI is InChI=1S/C31H34N4O2/c1-23-5-7-24(8-6-23)25-9-11-26(12-10-25)29(36)34-16-13-31(14-17-34)22-27(31)30(37)35-20-18-33(19-21-35)28-4-2-3-15-32-28/h2-12,15,27H,13-14,16-22H2,1H3. The lowest BCUT2D eigenvalue weighted by Gasteiger charge is -2.37. The Morgan fingerprint density at radius 1 is 0.784 bits per heavy atom. The van der Waals surface area contributed by atoms with E-state index < -0.39 is 0 Å². The van der Waals surface area contributed by atoms with Gasteiger partial charge in [0.25, 0.3) is 5.91 Å². The number of hydrogen-bond donors (Lipinski definition) is 0. The van der Waals surface area contributed by atoms with Crippen LogP contribution in [0.3, 0.4) is 0 Å². The van der Waals surface area contributed by atoms with Crippen molar-refractivity contribution in [2.45, 2.75) is 26.2 Å². The van der Waals surface area contributed by atoms with E-state index in [1.54, 1.807) is 0 Å². The summed E-state index contributed by atoms with van der Waals surface area (Å²) in [6, 6.07) is 22.4. The lowest BCUT2D eigenvalue weighted by molar-refractivity contribution is -0.134. The van der Waals surface area contributed by atoms with Crippen LogP contribution in [0.25, 0.3) is 11.1 Å². The molecule has 6 rings (SSSR count). The predicted octanol–water partition coefficient (Wildman–Crippen LogP) is 4.65. The number of benzene rings is 2. The van der Waals surface area contributed by atoms with Gasteiger partial charge in [0.15, 0.2) is 0 Å². The third-order valence-corrected chi connectivity index (χ3v) is 8.62. The van der Waals surface area contributed by atoms with E-state index in [1.165, 1.54) is 5.56 Å². The second-order valence-corrected chi connectivity index (χ2v) is 10.9. The highest BCUT2D eigenvalue weighted by atomic mass is 16.2. The Morgan fingerprint density at radius 3 is 2.05 bits per heavy atom. The maximum absolute atomic E-state index is 13.3. The Morgan fingerprint density at radius 2 is 1.43 bits per heavy atom. The monoisotopic (exact) mass is 494 g/mol. The molecule has 0 radical (unpaired) electrons. The first-order chi connectivity index (χ1) is 18.0. The fourth-order valence-corrected chi connectivity index (χ4v) is 6.06. The first-order valence-electron chi connectivity index (χ1n) is 13.4. The summed E-state index contributed by atoms with van der Waals surface area (Å²) in [5.41, 5.74) is 4.35. The summed E-state index contributed by atoms with van der Waals surface area (Å²) in [6.45, 7) is 6.71. The number of aryl methyl sites for hydroxylation is 1. The van der Waals surface area contributed by atoms with Crippen LogP contribution in [-0.2, 0) is 4.79 Å². The number of rotatable bonds is 4. The van der Waals surface area contributed by atoms with Gasteiger partial charge in [0.05, 0.1) is 0 Å². The number of amides is 2. The van der Waals surface area contributed by atoms with Crippen LogP contribution < -0.4 is 4.90 Å². The molecule has 0 bridgehead atoms. The molecule has 2 aliphatic heterocycles. The molecule has 1 spiro atoms. The molecule has 3 aliphatic rings. The molecule has 0 N–H and O–H groups in total. The highest BCUT2D eigenvalue weighted by Gasteiger charge is 2.59. The molecule has 3 fully saturated rings.